The van der Waals surface area contributed by atoms with E-state index in [1.54, 1.807) is 12.1 Å². The third-order valence-corrected chi connectivity index (χ3v) is 10.5. The molecule has 3 atom stereocenters. The van der Waals surface area contributed by atoms with E-state index in [0.717, 1.165) is 48.3 Å². The van der Waals surface area contributed by atoms with Gasteiger partial charge in [0.25, 0.3) is 0 Å². The fourth-order valence-corrected chi connectivity index (χ4v) is 7.16. The molecule has 4 rings (SSSR count). The Balaban J connectivity index is 1.33. The van der Waals surface area contributed by atoms with Gasteiger partial charge in [0.05, 0.1) is 30.2 Å². The second-order valence-electron chi connectivity index (χ2n) is 15.2. The van der Waals surface area contributed by atoms with Crippen molar-refractivity contribution in [2.24, 2.45) is 0 Å². The molecule has 0 aliphatic carbocycles. The number of aliphatic hydroxyl groups excluding tert-OH is 1. The Morgan fingerprint density at radius 2 is 1.29 bits per heavy atom. The predicted molar refractivity (Wildman–Crippen MR) is 223 cm³/mol. The number of unbranched alkanes of at least 4 members (excludes halogenated alkanes) is 10. The topological polar surface area (TPSA) is 126 Å². The van der Waals surface area contributed by atoms with Crippen molar-refractivity contribution in [1.29, 1.82) is 0 Å². The van der Waals surface area contributed by atoms with Crippen molar-refractivity contribution in [2.75, 3.05) is 30.7 Å². The minimum absolute atomic E-state index is 0.00699. The fraction of sp³-hybridized carbons (Fsp3) is 0.565. The third kappa shape index (κ3) is 16.5. The van der Waals surface area contributed by atoms with Gasteiger partial charge in [0.15, 0.2) is 6.29 Å². The monoisotopic (exact) mass is 757 g/mol. The minimum atomic E-state index is -0.521. The summed E-state index contributed by atoms with van der Waals surface area (Å²) in [6, 6.07) is 23.3. The van der Waals surface area contributed by atoms with Crippen molar-refractivity contribution in [3.05, 3.63) is 95.1 Å². The summed E-state index contributed by atoms with van der Waals surface area (Å²) in [4.78, 5) is 27.5. The van der Waals surface area contributed by atoms with Crippen molar-refractivity contribution in [1.82, 2.24) is 10.2 Å². The maximum atomic E-state index is 12.6. The molecule has 1 saturated heterocycles. The van der Waals surface area contributed by atoms with Crippen molar-refractivity contribution in [2.45, 2.75) is 148 Å². The molecule has 3 aromatic carbocycles. The van der Waals surface area contributed by atoms with Crippen molar-refractivity contribution in [3.63, 3.8) is 0 Å². The van der Waals surface area contributed by atoms with Crippen LogP contribution in [0.5, 0.6) is 0 Å². The van der Waals surface area contributed by atoms with E-state index in [1.807, 2.05) is 48.5 Å². The van der Waals surface area contributed by atoms with Crippen LogP contribution in [0.4, 0.5) is 11.4 Å². The van der Waals surface area contributed by atoms with Crippen molar-refractivity contribution < 1.29 is 24.2 Å². The van der Waals surface area contributed by atoms with Crippen molar-refractivity contribution >= 4 is 23.2 Å². The van der Waals surface area contributed by atoms with Gasteiger partial charge in [-0.3, -0.25) is 9.59 Å². The summed E-state index contributed by atoms with van der Waals surface area (Å²) >= 11 is 0. The number of carbonyl (C=O) groups excluding carboxylic acids is 2. The molecular weight excluding hydrogens is 689 g/mol. The van der Waals surface area contributed by atoms with Gasteiger partial charge in [-0.2, -0.15) is 0 Å². The SMILES string of the molecule is CCCCCCCCN(CCCCCCCC)C[C@@H]1C[C@H](c2ccc(CO)cc2)O[C@H](c2ccc(CNC(=O)CCCC(=O)Nc3ccccc3N)cc2)O1. The van der Waals surface area contributed by atoms with Crippen LogP contribution in [0.3, 0.4) is 0 Å². The van der Waals surface area contributed by atoms with E-state index in [1.165, 1.54) is 77.0 Å². The second kappa shape index (κ2) is 25.4. The van der Waals surface area contributed by atoms with Crippen molar-refractivity contribution in [3.8, 4) is 0 Å². The summed E-state index contributed by atoms with van der Waals surface area (Å²) in [5, 5.41) is 15.4. The molecule has 1 aliphatic rings. The number of hydrogen-bond donors (Lipinski definition) is 4. The van der Waals surface area contributed by atoms with Gasteiger partial charge in [0, 0.05) is 37.9 Å². The zero-order valence-electron chi connectivity index (χ0n) is 33.6. The number of amides is 2. The number of nitrogen functional groups attached to an aromatic ring is 1. The highest BCUT2D eigenvalue weighted by atomic mass is 16.7. The van der Waals surface area contributed by atoms with Gasteiger partial charge in [0.1, 0.15) is 0 Å². The molecule has 302 valence electrons. The first kappa shape index (κ1) is 44.0. The lowest BCUT2D eigenvalue weighted by Gasteiger charge is -2.38. The van der Waals surface area contributed by atoms with E-state index >= 15 is 0 Å². The summed E-state index contributed by atoms with van der Waals surface area (Å²) in [6.45, 7) is 8.02. The molecule has 0 radical (unpaired) electrons. The number of benzene rings is 3. The van der Waals surface area contributed by atoms with Crippen LogP contribution in [-0.4, -0.2) is 47.6 Å². The summed E-state index contributed by atoms with van der Waals surface area (Å²) in [6.07, 6.45) is 16.5. The number of rotatable bonds is 26. The number of ether oxygens (including phenoxy) is 2. The normalized spacial score (nSPS) is 17.0. The van der Waals surface area contributed by atoms with Crippen LogP contribution >= 0.6 is 0 Å². The van der Waals surface area contributed by atoms with Crippen LogP contribution in [-0.2, 0) is 32.2 Å². The van der Waals surface area contributed by atoms with Gasteiger partial charge < -0.3 is 35.8 Å². The molecule has 1 heterocycles. The minimum Gasteiger partial charge on any atom is -0.397 e. The quantitative estimate of drug-likeness (QED) is 0.0475. The molecule has 1 fully saturated rings. The summed E-state index contributed by atoms with van der Waals surface area (Å²) in [5.41, 5.74) is 10.9. The number of anilines is 2. The number of hydrogen-bond acceptors (Lipinski definition) is 7. The molecule has 2 amide bonds. The Kier molecular flexibility index (Phi) is 20.3. The van der Waals surface area contributed by atoms with E-state index < -0.39 is 6.29 Å². The Bertz CT molecular complexity index is 1500. The first-order valence-electron chi connectivity index (χ1n) is 21.1. The number of nitrogens with zero attached hydrogens (tertiary/aromatic N) is 1. The van der Waals surface area contributed by atoms with Crippen LogP contribution in [0.25, 0.3) is 0 Å². The van der Waals surface area contributed by atoms with E-state index in [-0.39, 0.29) is 43.5 Å². The van der Waals surface area contributed by atoms with Crippen LogP contribution < -0.4 is 16.4 Å². The maximum Gasteiger partial charge on any atom is 0.224 e. The summed E-state index contributed by atoms with van der Waals surface area (Å²) in [5.74, 6) is -0.261. The van der Waals surface area contributed by atoms with Crippen LogP contribution in [0.2, 0.25) is 0 Å². The second-order valence-corrected chi connectivity index (χ2v) is 15.2. The average Bonchev–Trinajstić information content (AvgIpc) is 3.20. The molecule has 5 N–H and O–H groups in total. The van der Waals surface area contributed by atoms with E-state index in [9.17, 15) is 14.7 Å². The number of nitrogens with one attached hydrogen (secondary N) is 2. The molecule has 0 unspecified atom stereocenters. The van der Waals surface area contributed by atoms with E-state index in [0.29, 0.717) is 24.3 Å². The number of nitrogens with two attached hydrogens (primary N) is 1. The van der Waals surface area contributed by atoms with E-state index in [2.05, 4.69) is 41.5 Å². The highest BCUT2D eigenvalue weighted by Gasteiger charge is 2.33. The fourth-order valence-electron chi connectivity index (χ4n) is 7.16. The maximum absolute atomic E-state index is 12.6. The predicted octanol–water partition coefficient (Wildman–Crippen LogP) is 9.75. The number of para-hydroxylation sites is 2. The smallest absolute Gasteiger partial charge is 0.224 e. The molecule has 0 spiro atoms. The Morgan fingerprint density at radius 3 is 1.93 bits per heavy atom. The van der Waals surface area contributed by atoms with Gasteiger partial charge in [-0.25, -0.2) is 0 Å². The largest absolute Gasteiger partial charge is 0.397 e. The Labute approximate surface area is 330 Å². The zero-order valence-corrected chi connectivity index (χ0v) is 33.6. The molecule has 9 nitrogen and oxygen atoms in total. The highest BCUT2D eigenvalue weighted by molar-refractivity contribution is 5.93. The molecular formula is C46H68N4O5. The lowest BCUT2D eigenvalue weighted by atomic mass is 9.99. The molecule has 0 aromatic heterocycles. The lowest BCUT2D eigenvalue weighted by Crippen LogP contribution is -2.40. The lowest BCUT2D eigenvalue weighted by molar-refractivity contribution is -0.253. The van der Waals surface area contributed by atoms with Crippen LogP contribution in [0.1, 0.15) is 151 Å². The molecule has 0 bridgehead atoms. The Morgan fingerprint density at radius 1 is 0.709 bits per heavy atom. The first-order chi connectivity index (χ1) is 26.9. The van der Waals surface area contributed by atoms with E-state index in [4.69, 9.17) is 15.2 Å². The number of aliphatic hydroxyl groups is 1. The van der Waals surface area contributed by atoms with Crippen LogP contribution in [0, 0.1) is 0 Å². The summed E-state index contributed by atoms with van der Waals surface area (Å²) < 4.78 is 13.4. The van der Waals surface area contributed by atoms with Gasteiger partial charge in [-0.1, -0.05) is 139 Å². The molecule has 55 heavy (non-hydrogen) atoms. The third-order valence-electron chi connectivity index (χ3n) is 10.5. The van der Waals surface area contributed by atoms with Crippen LogP contribution in [0.15, 0.2) is 72.8 Å². The van der Waals surface area contributed by atoms with Gasteiger partial charge in [-0.05, 0) is 61.2 Å². The zero-order chi connectivity index (χ0) is 39.1. The summed E-state index contributed by atoms with van der Waals surface area (Å²) in [7, 11) is 0. The molecule has 0 saturated carbocycles. The standard InChI is InChI=1S/C46H68N4O5/c1-3-5-7-9-11-15-30-50(31-16-12-10-8-6-4-2)34-40-32-43(38-26-24-37(35-51)25-27-38)55-46(54-40)39-28-22-36(23-29-39)33-48-44(52)20-17-21-45(53)49-42-19-14-13-18-41(42)47/h13-14,18-19,22-29,40,43,46,51H,3-12,15-17,20-21,30-35,47H2,1-2H3,(H,48,52)(H,49,53)/t40-,43+,46+/m0/s1. The highest BCUT2D eigenvalue weighted by Crippen LogP contribution is 2.38. The van der Waals surface area contributed by atoms with Gasteiger partial charge >= 0.3 is 0 Å². The number of carbonyl (C=O) groups is 2. The Hall–Kier alpha value is -3.76. The first-order valence-corrected chi connectivity index (χ1v) is 21.1. The molecule has 3 aromatic rings. The average molecular weight is 757 g/mol. The molecule has 9 heteroatoms. The molecule has 1 aliphatic heterocycles. The van der Waals surface area contributed by atoms with Gasteiger partial charge in [0.2, 0.25) is 11.8 Å². The van der Waals surface area contributed by atoms with Gasteiger partial charge in [-0.15, -0.1) is 0 Å².